The number of nitrogens with zero attached hydrogens (tertiary/aromatic N) is 2. The number of carbonyl (C=O) groups excluding carboxylic acids is 1. The smallest absolute Gasteiger partial charge is 0.246 e. The van der Waals surface area contributed by atoms with Crippen LogP contribution in [0.5, 0.6) is 11.5 Å². The maximum absolute atomic E-state index is 13.5. The summed E-state index contributed by atoms with van der Waals surface area (Å²) in [6.45, 7) is 1.79. The van der Waals surface area contributed by atoms with Crippen LogP contribution in [0.1, 0.15) is 41.5 Å². The molecule has 0 radical (unpaired) electrons. The third-order valence-corrected chi connectivity index (χ3v) is 10.3. The number of hydrogen-bond acceptors (Lipinski definition) is 5. The monoisotopic (exact) mass is 550 g/mol. The Morgan fingerprint density at radius 3 is 2.61 bits per heavy atom. The predicted molar refractivity (Wildman–Crippen MR) is 159 cm³/mol. The zero-order chi connectivity index (χ0) is 28.2. The van der Waals surface area contributed by atoms with E-state index in [1.165, 1.54) is 11.1 Å². The number of likely N-dealkylation sites (tertiary alicyclic amines) is 1. The number of rotatable bonds is 7. The van der Waals surface area contributed by atoms with Crippen molar-refractivity contribution in [2.75, 3.05) is 27.2 Å². The van der Waals surface area contributed by atoms with Crippen LogP contribution in [0.3, 0.4) is 0 Å². The minimum absolute atomic E-state index is 0.00200. The molecule has 2 heterocycles. The average molecular weight is 551 g/mol. The average Bonchev–Trinajstić information content (AvgIpc) is 3.35. The Labute approximate surface area is 242 Å². The van der Waals surface area contributed by atoms with Gasteiger partial charge in [-0.3, -0.25) is 9.69 Å². The fourth-order valence-electron chi connectivity index (χ4n) is 8.35. The Hall–Kier alpha value is -3.61. The second-order valence-electron chi connectivity index (χ2n) is 12.1. The van der Waals surface area contributed by atoms with Gasteiger partial charge in [-0.2, -0.15) is 0 Å². The van der Waals surface area contributed by atoms with Crippen LogP contribution in [0.2, 0.25) is 0 Å². The number of aliphatic hydroxyl groups is 1. The summed E-state index contributed by atoms with van der Waals surface area (Å²) < 4.78 is 12.6. The fourth-order valence-corrected chi connectivity index (χ4v) is 8.35. The number of hydrogen-bond donors (Lipinski definition) is 1. The van der Waals surface area contributed by atoms with Crippen molar-refractivity contribution in [3.8, 4) is 11.5 Å². The molecule has 1 amide bonds. The standard InChI is InChI=1S/C35H38N2O4/c1-36(30(38)16-13-24-9-5-3-6-10-24)27-17-19-35(39)29-23-26-14-15-28(40-2)32-31(26)34(35,33(27)41-32)20-22-37(29)21-18-25-11-7-4-8-12-25/h3-16,27,29,33,39H,17-23H2,1-2H3/t27-,29+,33-,34-,35+/m0/s1. The summed E-state index contributed by atoms with van der Waals surface area (Å²) in [4.78, 5) is 17.8. The summed E-state index contributed by atoms with van der Waals surface area (Å²) >= 11 is 0. The number of methoxy groups -OCH3 is 1. The van der Waals surface area contributed by atoms with Gasteiger partial charge in [0.05, 0.1) is 24.2 Å². The molecule has 2 aliphatic carbocycles. The highest BCUT2D eigenvalue weighted by molar-refractivity contribution is 5.92. The van der Waals surface area contributed by atoms with E-state index in [9.17, 15) is 9.90 Å². The minimum atomic E-state index is -0.947. The van der Waals surface area contributed by atoms with Crippen LogP contribution < -0.4 is 9.47 Å². The van der Waals surface area contributed by atoms with E-state index < -0.39 is 11.0 Å². The lowest BCUT2D eigenvalue weighted by molar-refractivity contribution is -0.199. The third kappa shape index (κ3) is 3.95. The highest BCUT2D eigenvalue weighted by Gasteiger charge is 2.73. The molecule has 6 heteroatoms. The lowest BCUT2D eigenvalue weighted by Crippen LogP contribution is -2.78. The fraction of sp³-hybridized carbons (Fsp3) is 0.400. The minimum Gasteiger partial charge on any atom is -0.493 e. The molecular weight excluding hydrogens is 512 g/mol. The van der Waals surface area contributed by atoms with Crippen LogP contribution in [0.15, 0.2) is 78.9 Å². The summed E-state index contributed by atoms with van der Waals surface area (Å²) in [7, 11) is 3.55. The van der Waals surface area contributed by atoms with Crippen LogP contribution in [0.25, 0.3) is 6.08 Å². The highest BCUT2D eigenvalue weighted by atomic mass is 16.5. The van der Waals surface area contributed by atoms with Gasteiger partial charge in [0.2, 0.25) is 5.91 Å². The quantitative estimate of drug-likeness (QED) is 0.435. The number of carbonyl (C=O) groups is 1. The predicted octanol–water partition coefficient (Wildman–Crippen LogP) is 4.63. The molecule has 3 aromatic rings. The van der Waals surface area contributed by atoms with E-state index in [4.69, 9.17) is 9.47 Å². The molecule has 1 N–H and O–H groups in total. The van der Waals surface area contributed by atoms with Crippen molar-refractivity contribution < 1.29 is 19.4 Å². The SMILES string of the molecule is COc1ccc2c3c1O[C@H]1[C@@H](N(C)C(=O)C=Cc4ccccc4)CC[C@@]4(O)[C@@H](C2)N(CCc2ccccc2)CC[C@]314. The highest BCUT2D eigenvalue weighted by Crippen LogP contribution is 2.65. The molecule has 2 aliphatic heterocycles. The molecule has 212 valence electrons. The molecule has 1 saturated carbocycles. The molecular formula is C35H38N2O4. The largest absolute Gasteiger partial charge is 0.493 e. The van der Waals surface area contributed by atoms with Gasteiger partial charge < -0.3 is 19.5 Å². The molecule has 1 saturated heterocycles. The zero-order valence-corrected chi connectivity index (χ0v) is 23.8. The van der Waals surface area contributed by atoms with Crippen LogP contribution in [0.4, 0.5) is 0 Å². The van der Waals surface area contributed by atoms with E-state index in [1.807, 2.05) is 54.4 Å². The molecule has 5 atom stereocenters. The molecule has 6 nitrogen and oxygen atoms in total. The Morgan fingerprint density at radius 2 is 1.85 bits per heavy atom. The van der Waals surface area contributed by atoms with E-state index in [0.29, 0.717) is 18.6 Å². The lowest BCUT2D eigenvalue weighted by Gasteiger charge is -2.64. The van der Waals surface area contributed by atoms with E-state index in [2.05, 4.69) is 41.3 Å². The van der Waals surface area contributed by atoms with Gasteiger partial charge in [-0.25, -0.2) is 0 Å². The molecule has 0 aromatic heterocycles. The first-order chi connectivity index (χ1) is 20.0. The van der Waals surface area contributed by atoms with Gasteiger partial charge in [0.25, 0.3) is 0 Å². The van der Waals surface area contributed by atoms with Crippen LogP contribution >= 0.6 is 0 Å². The van der Waals surface area contributed by atoms with Crippen molar-refractivity contribution in [3.05, 3.63) is 101 Å². The first kappa shape index (κ1) is 26.3. The first-order valence-corrected chi connectivity index (χ1v) is 14.8. The maximum Gasteiger partial charge on any atom is 0.246 e. The Morgan fingerprint density at radius 1 is 1.10 bits per heavy atom. The van der Waals surface area contributed by atoms with E-state index in [0.717, 1.165) is 49.2 Å². The van der Waals surface area contributed by atoms with Gasteiger partial charge >= 0.3 is 0 Å². The lowest BCUT2D eigenvalue weighted by atomic mass is 9.48. The maximum atomic E-state index is 13.5. The normalized spacial score (nSPS) is 29.6. The molecule has 41 heavy (non-hydrogen) atoms. The number of likely N-dealkylation sites (N-methyl/N-ethyl adjacent to an activating group) is 1. The van der Waals surface area contributed by atoms with Crippen molar-refractivity contribution in [2.45, 2.75) is 61.3 Å². The van der Waals surface area contributed by atoms with Crippen LogP contribution in [0, 0.1) is 0 Å². The summed E-state index contributed by atoms with van der Waals surface area (Å²) in [5.41, 5.74) is 3.13. The number of piperidine rings is 1. The summed E-state index contributed by atoms with van der Waals surface area (Å²) in [6.07, 6.45) is 7.00. The van der Waals surface area contributed by atoms with E-state index >= 15 is 0 Å². The van der Waals surface area contributed by atoms with Gasteiger partial charge in [0.1, 0.15) is 6.10 Å². The summed E-state index contributed by atoms with van der Waals surface area (Å²) in [6, 6.07) is 24.5. The molecule has 2 bridgehead atoms. The second-order valence-corrected chi connectivity index (χ2v) is 12.1. The molecule has 1 spiro atoms. The van der Waals surface area contributed by atoms with Gasteiger partial charge in [0.15, 0.2) is 11.5 Å². The van der Waals surface area contributed by atoms with Crippen molar-refractivity contribution in [2.24, 2.45) is 0 Å². The zero-order valence-electron chi connectivity index (χ0n) is 23.8. The van der Waals surface area contributed by atoms with Crippen molar-refractivity contribution >= 4 is 12.0 Å². The number of benzene rings is 3. The van der Waals surface area contributed by atoms with Crippen molar-refractivity contribution in [1.82, 2.24) is 9.80 Å². The van der Waals surface area contributed by atoms with Crippen LogP contribution in [-0.4, -0.2) is 71.8 Å². The molecule has 3 aromatic carbocycles. The van der Waals surface area contributed by atoms with Crippen LogP contribution in [-0.2, 0) is 23.1 Å². The van der Waals surface area contributed by atoms with E-state index in [-0.39, 0.29) is 24.1 Å². The Bertz CT molecular complexity index is 1470. The second kappa shape index (κ2) is 10.0. The van der Waals surface area contributed by atoms with Gasteiger partial charge in [-0.05, 0) is 67.5 Å². The third-order valence-electron chi connectivity index (χ3n) is 10.3. The number of ether oxygens (including phenoxy) is 2. The molecule has 7 rings (SSSR count). The molecule has 2 fully saturated rings. The summed E-state index contributed by atoms with van der Waals surface area (Å²) in [5, 5.41) is 12.9. The molecule has 4 aliphatic rings. The summed E-state index contributed by atoms with van der Waals surface area (Å²) in [5.74, 6) is 1.41. The van der Waals surface area contributed by atoms with Gasteiger partial charge in [-0.1, -0.05) is 66.7 Å². The van der Waals surface area contributed by atoms with Gasteiger partial charge in [-0.15, -0.1) is 0 Å². The Kier molecular flexibility index (Phi) is 6.44. The van der Waals surface area contributed by atoms with Gasteiger partial charge in [0, 0.05) is 31.3 Å². The Balaban J connectivity index is 1.23. The molecule has 0 unspecified atom stereocenters. The van der Waals surface area contributed by atoms with E-state index in [1.54, 1.807) is 13.2 Å². The topological polar surface area (TPSA) is 62.2 Å². The van der Waals surface area contributed by atoms with Crippen molar-refractivity contribution in [1.29, 1.82) is 0 Å². The first-order valence-electron chi connectivity index (χ1n) is 14.8. The van der Waals surface area contributed by atoms with Crippen molar-refractivity contribution in [3.63, 3.8) is 0 Å². The number of amides is 1.